The van der Waals surface area contributed by atoms with Gasteiger partial charge in [0.1, 0.15) is 0 Å². The Balaban J connectivity index is 1.79. The molecule has 0 saturated heterocycles. The quantitative estimate of drug-likeness (QED) is 0.483. The Morgan fingerprint density at radius 2 is 1.62 bits per heavy atom. The van der Waals surface area contributed by atoms with Gasteiger partial charge in [0.2, 0.25) is 5.75 Å². The smallest absolute Gasteiger partial charge is 0.203 e. The van der Waals surface area contributed by atoms with Crippen molar-refractivity contribution in [1.29, 1.82) is 0 Å². The standard InChI is InChI=1S/C27H34N2O3/c1-19(2)21-11-9-20(10-12-21)18-29-17-7-16-28-15-6-8-23(28)25(29)22-13-14-24(30-3)27(32-5)26(22)31-4/h6,8-15,19,25H,7,16-18H2,1-5H3/t25-/m0/s1. The van der Waals surface area contributed by atoms with Crippen LogP contribution in [0.1, 0.15) is 54.6 Å². The molecule has 3 aromatic rings. The second-order valence-corrected chi connectivity index (χ2v) is 8.67. The van der Waals surface area contributed by atoms with Gasteiger partial charge in [-0.15, -0.1) is 0 Å². The zero-order chi connectivity index (χ0) is 22.7. The number of aryl methyl sites for hydroxylation is 1. The Bertz CT molecular complexity index is 1040. The van der Waals surface area contributed by atoms with Gasteiger partial charge in [-0.1, -0.05) is 38.1 Å². The summed E-state index contributed by atoms with van der Waals surface area (Å²) in [4.78, 5) is 2.55. The van der Waals surface area contributed by atoms with Crippen LogP contribution >= 0.6 is 0 Å². The fourth-order valence-electron chi connectivity index (χ4n) is 4.75. The summed E-state index contributed by atoms with van der Waals surface area (Å²) >= 11 is 0. The van der Waals surface area contributed by atoms with Crippen molar-refractivity contribution >= 4 is 0 Å². The number of ether oxygens (including phenoxy) is 3. The highest BCUT2D eigenvalue weighted by Gasteiger charge is 2.31. The maximum Gasteiger partial charge on any atom is 0.203 e. The summed E-state index contributed by atoms with van der Waals surface area (Å²) in [6.45, 7) is 7.34. The molecule has 0 amide bonds. The number of methoxy groups -OCH3 is 3. The van der Waals surface area contributed by atoms with Crippen molar-refractivity contribution in [1.82, 2.24) is 9.47 Å². The van der Waals surface area contributed by atoms with Gasteiger partial charge in [-0.3, -0.25) is 4.90 Å². The highest BCUT2D eigenvalue weighted by Crippen LogP contribution is 2.46. The van der Waals surface area contributed by atoms with Gasteiger partial charge in [0.25, 0.3) is 0 Å². The lowest BCUT2D eigenvalue weighted by Gasteiger charge is -2.32. The van der Waals surface area contributed by atoms with Crippen molar-refractivity contribution in [3.8, 4) is 17.2 Å². The normalized spacial score (nSPS) is 16.5. The predicted molar refractivity (Wildman–Crippen MR) is 128 cm³/mol. The minimum absolute atomic E-state index is 0.0482. The average Bonchev–Trinajstić information content (AvgIpc) is 3.20. The van der Waals surface area contributed by atoms with Crippen LogP contribution in [-0.2, 0) is 13.1 Å². The third kappa shape index (κ3) is 4.22. The molecule has 0 aliphatic carbocycles. The highest BCUT2D eigenvalue weighted by atomic mass is 16.5. The number of hydrogen-bond donors (Lipinski definition) is 0. The summed E-state index contributed by atoms with van der Waals surface area (Å²) in [6.07, 6.45) is 3.27. The fraction of sp³-hybridized carbons (Fsp3) is 0.407. The number of benzene rings is 2. The van der Waals surface area contributed by atoms with Crippen LogP contribution in [-0.4, -0.2) is 37.3 Å². The van der Waals surface area contributed by atoms with E-state index in [0.29, 0.717) is 17.4 Å². The summed E-state index contributed by atoms with van der Waals surface area (Å²) in [7, 11) is 5.01. The van der Waals surface area contributed by atoms with Gasteiger partial charge in [0.15, 0.2) is 11.5 Å². The molecule has 1 aliphatic rings. The van der Waals surface area contributed by atoms with Crippen molar-refractivity contribution in [3.05, 3.63) is 77.1 Å². The molecule has 0 unspecified atom stereocenters. The van der Waals surface area contributed by atoms with E-state index in [-0.39, 0.29) is 6.04 Å². The third-order valence-corrected chi connectivity index (χ3v) is 6.42. The number of nitrogens with zero attached hydrogens (tertiary/aromatic N) is 2. The van der Waals surface area contributed by atoms with Crippen LogP contribution in [0.4, 0.5) is 0 Å². The van der Waals surface area contributed by atoms with Gasteiger partial charge in [-0.2, -0.15) is 0 Å². The van der Waals surface area contributed by atoms with E-state index in [0.717, 1.165) is 37.4 Å². The SMILES string of the molecule is COc1ccc([C@H]2c3cccn3CCCN2Cc2ccc(C(C)C)cc2)c(OC)c1OC. The first-order valence-corrected chi connectivity index (χ1v) is 11.3. The van der Waals surface area contributed by atoms with Crippen LogP contribution in [0.15, 0.2) is 54.7 Å². The van der Waals surface area contributed by atoms with Crippen LogP contribution in [0.25, 0.3) is 0 Å². The van der Waals surface area contributed by atoms with E-state index in [1.54, 1.807) is 21.3 Å². The lowest BCUT2D eigenvalue weighted by Crippen LogP contribution is -2.30. The summed E-state index contributed by atoms with van der Waals surface area (Å²) in [5.74, 6) is 2.57. The van der Waals surface area contributed by atoms with E-state index in [4.69, 9.17) is 14.2 Å². The zero-order valence-corrected chi connectivity index (χ0v) is 19.8. The molecule has 0 fully saturated rings. The minimum atomic E-state index is 0.0482. The number of fused-ring (bicyclic) bond motifs is 1. The van der Waals surface area contributed by atoms with E-state index < -0.39 is 0 Å². The Morgan fingerprint density at radius 1 is 0.875 bits per heavy atom. The van der Waals surface area contributed by atoms with Crippen molar-refractivity contribution in [2.45, 2.75) is 45.3 Å². The predicted octanol–water partition coefficient (Wildman–Crippen LogP) is 5.63. The molecule has 1 aliphatic heterocycles. The fourth-order valence-corrected chi connectivity index (χ4v) is 4.75. The van der Waals surface area contributed by atoms with E-state index in [1.165, 1.54) is 16.8 Å². The average molecular weight is 435 g/mol. The van der Waals surface area contributed by atoms with Crippen molar-refractivity contribution in [2.24, 2.45) is 0 Å². The Labute approximate surface area is 191 Å². The molecular formula is C27H34N2O3. The van der Waals surface area contributed by atoms with Crippen LogP contribution in [0.3, 0.4) is 0 Å². The highest BCUT2D eigenvalue weighted by molar-refractivity contribution is 5.58. The Kier molecular flexibility index (Phi) is 6.75. The second kappa shape index (κ2) is 9.70. The van der Waals surface area contributed by atoms with Crippen LogP contribution < -0.4 is 14.2 Å². The molecule has 0 radical (unpaired) electrons. The van der Waals surface area contributed by atoms with E-state index in [2.05, 4.69) is 72.0 Å². The molecule has 4 rings (SSSR count). The third-order valence-electron chi connectivity index (χ3n) is 6.42. The first-order chi connectivity index (χ1) is 15.6. The first kappa shape index (κ1) is 22.3. The lowest BCUT2D eigenvalue weighted by molar-refractivity contribution is 0.214. The van der Waals surface area contributed by atoms with Crippen molar-refractivity contribution in [3.63, 3.8) is 0 Å². The largest absolute Gasteiger partial charge is 0.493 e. The summed E-state index contributed by atoms with van der Waals surface area (Å²) in [5, 5.41) is 0. The second-order valence-electron chi connectivity index (χ2n) is 8.67. The van der Waals surface area contributed by atoms with Gasteiger partial charge >= 0.3 is 0 Å². The van der Waals surface area contributed by atoms with Crippen LogP contribution in [0, 0.1) is 0 Å². The Morgan fingerprint density at radius 3 is 2.28 bits per heavy atom. The van der Waals surface area contributed by atoms with Gasteiger partial charge in [0, 0.05) is 37.1 Å². The molecule has 0 bridgehead atoms. The molecule has 5 nitrogen and oxygen atoms in total. The zero-order valence-electron chi connectivity index (χ0n) is 19.8. The van der Waals surface area contributed by atoms with Gasteiger partial charge in [-0.05, 0) is 47.7 Å². The molecule has 0 N–H and O–H groups in total. The molecular weight excluding hydrogens is 400 g/mol. The summed E-state index contributed by atoms with van der Waals surface area (Å²) in [6, 6.07) is 17.5. The van der Waals surface area contributed by atoms with Gasteiger partial charge in [0.05, 0.1) is 27.4 Å². The number of rotatable bonds is 7. The Hall–Kier alpha value is -2.92. The van der Waals surface area contributed by atoms with E-state index >= 15 is 0 Å². The molecule has 2 heterocycles. The first-order valence-electron chi connectivity index (χ1n) is 11.3. The molecule has 1 aromatic heterocycles. The summed E-state index contributed by atoms with van der Waals surface area (Å²) in [5.41, 5.74) is 5.05. The number of hydrogen-bond acceptors (Lipinski definition) is 4. The van der Waals surface area contributed by atoms with Crippen LogP contribution in [0.5, 0.6) is 17.2 Å². The topological polar surface area (TPSA) is 35.9 Å². The lowest BCUT2D eigenvalue weighted by atomic mass is 9.98. The minimum Gasteiger partial charge on any atom is -0.493 e. The molecule has 1 atom stereocenters. The van der Waals surface area contributed by atoms with Gasteiger partial charge in [-0.25, -0.2) is 0 Å². The molecule has 0 saturated carbocycles. The van der Waals surface area contributed by atoms with E-state index in [1.807, 2.05) is 6.07 Å². The maximum atomic E-state index is 5.90. The maximum absolute atomic E-state index is 5.90. The molecule has 5 heteroatoms. The molecule has 32 heavy (non-hydrogen) atoms. The van der Waals surface area contributed by atoms with Crippen molar-refractivity contribution < 1.29 is 14.2 Å². The van der Waals surface area contributed by atoms with Crippen LogP contribution in [0.2, 0.25) is 0 Å². The van der Waals surface area contributed by atoms with Gasteiger partial charge < -0.3 is 18.8 Å². The molecule has 2 aromatic carbocycles. The monoisotopic (exact) mass is 434 g/mol. The summed E-state index contributed by atoms with van der Waals surface area (Å²) < 4.78 is 19.5. The van der Waals surface area contributed by atoms with E-state index in [9.17, 15) is 0 Å². The molecule has 170 valence electrons. The number of aromatic nitrogens is 1. The molecule has 0 spiro atoms. The van der Waals surface area contributed by atoms with Crippen molar-refractivity contribution in [2.75, 3.05) is 27.9 Å².